The third kappa shape index (κ3) is 6.46. The molecule has 34 heavy (non-hydrogen) atoms. The van der Waals surface area contributed by atoms with Gasteiger partial charge in [0.25, 0.3) is 0 Å². The lowest BCUT2D eigenvalue weighted by Gasteiger charge is -2.62. The van der Waals surface area contributed by atoms with Gasteiger partial charge in [-0.2, -0.15) is 0 Å². The molecule has 4 N–H and O–H groups in total. The Bertz CT molecular complexity index is 823. The summed E-state index contributed by atoms with van der Waals surface area (Å²) < 4.78 is 0. The molecule has 4 aliphatic carbocycles. The molecule has 1 saturated heterocycles. The summed E-state index contributed by atoms with van der Waals surface area (Å²) in [6, 6.07) is 12.1. The van der Waals surface area contributed by atoms with Crippen LogP contribution in [0.25, 0.3) is 0 Å². The van der Waals surface area contributed by atoms with Crippen molar-refractivity contribution >= 4 is 11.9 Å². The first kappa shape index (κ1) is 24.9. The van der Waals surface area contributed by atoms with Crippen LogP contribution in [0.2, 0.25) is 0 Å². The number of aliphatic carboxylic acids is 2. The Kier molecular flexibility index (Phi) is 8.40. The van der Waals surface area contributed by atoms with E-state index in [2.05, 4.69) is 45.9 Å². The highest BCUT2D eigenvalue weighted by Gasteiger charge is 2.56. The molecule has 7 nitrogen and oxygen atoms in total. The molecular formula is C27H39N3O4. The van der Waals surface area contributed by atoms with Crippen LogP contribution in [0.4, 0.5) is 0 Å². The van der Waals surface area contributed by atoms with Crippen molar-refractivity contribution in [3.63, 3.8) is 0 Å². The van der Waals surface area contributed by atoms with Crippen molar-refractivity contribution in [2.75, 3.05) is 39.3 Å². The molecular weight excluding hydrogens is 430 g/mol. The van der Waals surface area contributed by atoms with Gasteiger partial charge in [-0.15, -0.1) is 0 Å². The van der Waals surface area contributed by atoms with E-state index in [4.69, 9.17) is 10.2 Å². The van der Waals surface area contributed by atoms with Crippen molar-refractivity contribution in [1.29, 1.82) is 0 Å². The highest BCUT2D eigenvalue weighted by Crippen LogP contribution is 2.61. The molecule has 1 aromatic rings. The van der Waals surface area contributed by atoms with Gasteiger partial charge in [-0.05, 0) is 67.3 Å². The Morgan fingerprint density at radius 2 is 1.62 bits per heavy atom. The average Bonchev–Trinajstić information content (AvgIpc) is 2.81. The zero-order valence-corrected chi connectivity index (χ0v) is 20.0. The first-order valence-electron chi connectivity index (χ1n) is 12.8. The minimum absolute atomic E-state index is 0.527. The van der Waals surface area contributed by atoms with Crippen LogP contribution in [-0.4, -0.2) is 72.4 Å². The Morgan fingerprint density at radius 1 is 1.00 bits per heavy atom. The molecule has 4 saturated carbocycles. The summed E-state index contributed by atoms with van der Waals surface area (Å²) in [6.45, 7) is 7.15. The first-order chi connectivity index (χ1) is 16.4. The van der Waals surface area contributed by atoms with Crippen molar-refractivity contribution in [3.05, 3.63) is 48.0 Å². The number of carbonyl (C=O) groups is 2. The van der Waals surface area contributed by atoms with E-state index >= 15 is 0 Å². The third-order valence-electron chi connectivity index (χ3n) is 8.23. The van der Waals surface area contributed by atoms with Crippen molar-refractivity contribution in [3.8, 4) is 0 Å². The molecule has 6 rings (SSSR count). The smallest absolute Gasteiger partial charge is 0.328 e. The fourth-order valence-corrected chi connectivity index (χ4v) is 7.30. The summed E-state index contributed by atoms with van der Waals surface area (Å²) in [5.41, 5.74) is 2.09. The molecule has 3 unspecified atom stereocenters. The molecule has 5 fully saturated rings. The van der Waals surface area contributed by atoms with E-state index < -0.39 is 11.9 Å². The number of hydrogen-bond donors (Lipinski definition) is 4. The first-order valence-corrected chi connectivity index (χ1v) is 12.8. The molecule has 186 valence electrons. The van der Waals surface area contributed by atoms with Crippen LogP contribution in [0.5, 0.6) is 0 Å². The van der Waals surface area contributed by atoms with E-state index in [0.717, 1.165) is 36.9 Å². The van der Waals surface area contributed by atoms with Gasteiger partial charge in [0.2, 0.25) is 0 Å². The normalized spacial score (nSPS) is 32.4. The van der Waals surface area contributed by atoms with Crippen molar-refractivity contribution in [2.45, 2.75) is 44.6 Å². The maximum absolute atomic E-state index is 9.55. The number of nitrogens with one attached hydrogen (secondary N) is 2. The van der Waals surface area contributed by atoms with E-state index in [-0.39, 0.29) is 0 Å². The van der Waals surface area contributed by atoms with Gasteiger partial charge in [0.1, 0.15) is 0 Å². The van der Waals surface area contributed by atoms with Crippen molar-refractivity contribution in [2.24, 2.45) is 23.2 Å². The Hall–Kier alpha value is -2.22. The lowest BCUT2D eigenvalue weighted by atomic mass is 9.46. The molecule has 0 radical (unpaired) electrons. The second kappa shape index (κ2) is 11.5. The molecule has 0 spiro atoms. The van der Waals surface area contributed by atoms with Crippen molar-refractivity contribution < 1.29 is 19.8 Å². The molecule has 0 aromatic heterocycles. The van der Waals surface area contributed by atoms with Crippen LogP contribution in [0, 0.1) is 23.2 Å². The van der Waals surface area contributed by atoms with Gasteiger partial charge in [-0.1, -0.05) is 30.3 Å². The summed E-state index contributed by atoms with van der Waals surface area (Å²) in [5, 5.41) is 23.2. The third-order valence-corrected chi connectivity index (χ3v) is 8.23. The summed E-state index contributed by atoms with van der Waals surface area (Å²) in [7, 11) is 0. The number of benzene rings is 1. The maximum Gasteiger partial charge on any atom is 0.328 e. The second-order valence-corrected chi connectivity index (χ2v) is 10.7. The number of nitrogens with zero attached hydrogens (tertiary/aromatic N) is 1. The fraction of sp³-hybridized carbons (Fsp3) is 0.630. The molecule has 1 aliphatic heterocycles. The summed E-state index contributed by atoms with van der Waals surface area (Å²) in [4.78, 5) is 21.7. The minimum Gasteiger partial charge on any atom is -0.478 e. The van der Waals surface area contributed by atoms with E-state index in [0.29, 0.717) is 17.6 Å². The fourth-order valence-electron chi connectivity index (χ4n) is 7.30. The molecule has 1 heterocycles. The predicted octanol–water partition coefficient (Wildman–Crippen LogP) is 2.63. The topological polar surface area (TPSA) is 102 Å². The summed E-state index contributed by atoms with van der Waals surface area (Å²) in [5.74, 6) is 0.456. The lowest BCUT2D eigenvalue weighted by molar-refractivity contribution is -0.134. The maximum atomic E-state index is 9.55. The van der Waals surface area contributed by atoms with Gasteiger partial charge >= 0.3 is 11.9 Å². The number of piperazine rings is 1. The van der Waals surface area contributed by atoms with Crippen molar-refractivity contribution in [1.82, 2.24) is 15.5 Å². The molecule has 5 aliphatic rings. The highest BCUT2D eigenvalue weighted by atomic mass is 16.4. The monoisotopic (exact) mass is 469 g/mol. The summed E-state index contributed by atoms with van der Waals surface area (Å²) >= 11 is 0. The number of carboxylic acid groups (broad SMARTS) is 2. The van der Waals surface area contributed by atoms with E-state index in [9.17, 15) is 9.59 Å². The molecule has 1 aromatic carbocycles. The second-order valence-electron chi connectivity index (χ2n) is 10.7. The predicted molar refractivity (Wildman–Crippen MR) is 132 cm³/mol. The van der Waals surface area contributed by atoms with Crippen LogP contribution in [0.15, 0.2) is 42.5 Å². The average molecular weight is 470 g/mol. The van der Waals surface area contributed by atoms with E-state index in [1.165, 1.54) is 64.7 Å². The van der Waals surface area contributed by atoms with Gasteiger partial charge in [-0.3, -0.25) is 4.90 Å². The van der Waals surface area contributed by atoms with Gasteiger partial charge in [-0.25, -0.2) is 9.59 Å². The van der Waals surface area contributed by atoms with E-state index in [1.807, 2.05) is 0 Å². The van der Waals surface area contributed by atoms with Crippen LogP contribution < -0.4 is 10.6 Å². The van der Waals surface area contributed by atoms with Crippen LogP contribution in [-0.2, 0) is 16.0 Å². The van der Waals surface area contributed by atoms with Gasteiger partial charge < -0.3 is 20.8 Å². The standard InChI is InChI=1S/C23H35N3.C4H4O4/c1-2-4-18(5-3-1)15-23-16-19-12-20(17-23)14-21(13-19)22(23)25-8-11-26-9-6-24-7-10-26;5-3(6)1-2-4(7)8/h1-5,19-22,24-25H,6-17H2;1-2H,(H,5,6)(H,7,8)/b;2-1+. The molecule has 4 bridgehead atoms. The Balaban J connectivity index is 0.000000297. The molecule has 3 atom stereocenters. The Morgan fingerprint density at radius 3 is 2.21 bits per heavy atom. The molecule has 7 heteroatoms. The highest BCUT2D eigenvalue weighted by molar-refractivity contribution is 5.89. The SMILES string of the molecule is O=C(O)/C=C/C(=O)O.c1ccc(CC23CC4CC(CC(C4)C2NCCN2CCNCC2)C3)cc1. The van der Waals surface area contributed by atoms with Crippen LogP contribution in [0.3, 0.4) is 0 Å². The zero-order chi connectivity index (χ0) is 24.0. The van der Waals surface area contributed by atoms with Gasteiger partial charge in [0, 0.05) is 57.5 Å². The van der Waals surface area contributed by atoms with Crippen LogP contribution in [0.1, 0.15) is 37.7 Å². The van der Waals surface area contributed by atoms with Crippen LogP contribution >= 0.6 is 0 Å². The van der Waals surface area contributed by atoms with Gasteiger partial charge in [0.15, 0.2) is 0 Å². The van der Waals surface area contributed by atoms with Gasteiger partial charge in [0.05, 0.1) is 0 Å². The largest absolute Gasteiger partial charge is 0.478 e. The lowest BCUT2D eigenvalue weighted by Crippen LogP contribution is -2.62. The zero-order valence-electron chi connectivity index (χ0n) is 20.0. The van der Waals surface area contributed by atoms with E-state index in [1.54, 1.807) is 5.56 Å². The Labute approximate surface area is 202 Å². The summed E-state index contributed by atoms with van der Waals surface area (Å²) in [6.07, 6.45) is 9.88. The number of carboxylic acids is 2. The molecule has 0 amide bonds. The minimum atomic E-state index is -1.26. The number of hydrogen-bond acceptors (Lipinski definition) is 5. The number of rotatable bonds is 8. The quantitative estimate of drug-likeness (QED) is 0.434.